The van der Waals surface area contributed by atoms with Gasteiger partial charge in [-0.05, 0) is 44.9 Å². The van der Waals surface area contributed by atoms with Crippen molar-refractivity contribution < 1.29 is 0 Å². The maximum atomic E-state index is 6.34. The second-order valence-corrected chi connectivity index (χ2v) is 5.92. The fourth-order valence-corrected chi connectivity index (χ4v) is 2.63. The first kappa shape index (κ1) is 16.1. The number of likely N-dealkylation sites (N-methyl/N-ethyl adjacent to an activating group) is 1. The average Bonchev–Trinajstić information content (AvgIpc) is 2.39. The lowest BCUT2D eigenvalue weighted by molar-refractivity contribution is 0.139. The summed E-state index contributed by atoms with van der Waals surface area (Å²) >= 11 is 0. The molecule has 1 rings (SSSR count). The second-order valence-electron chi connectivity index (χ2n) is 5.92. The Morgan fingerprint density at radius 1 is 1.26 bits per heavy atom. The molecule has 0 saturated carbocycles. The normalized spacial score (nSPS) is 16.6. The van der Waals surface area contributed by atoms with E-state index in [1.807, 2.05) is 18.3 Å². The van der Waals surface area contributed by atoms with Gasteiger partial charge in [0.2, 0.25) is 0 Å². The summed E-state index contributed by atoms with van der Waals surface area (Å²) in [4.78, 5) is 6.89. The first-order chi connectivity index (χ1) is 8.97. The zero-order chi connectivity index (χ0) is 14.4. The predicted octanol–water partition coefficient (Wildman–Crippen LogP) is 3.23. The number of pyridine rings is 1. The van der Waals surface area contributed by atoms with Crippen molar-refractivity contribution in [2.75, 3.05) is 7.05 Å². The minimum Gasteiger partial charge on any atom is -0.326 e. The third kappa shape index (κ3) is 4.59. The van der Waals surface area contributed by atoms with Crippen LogP contribution in [0, 0.1) is 5.92 Å². The Kier molecular flexibility index (Phi) is 6.46. The second kappa shape index (κ2) is 7.61. The van der Waals surface area contributed by atoms with Gasteiger partial charge in [-0.25, -0.2) is 0 Å². The Morgan fingerprint density at radius 3 is 2.42 bits per heavy atom. The SMILES string of the molecule is CCC(N)C(c1ccccn1)N(C)C(C)CC(C)C. The molecule has 3 atom stereocenters. The highest BCUT2D eigenvalue weighted by Gasteiger charge is 2.27. The number of hydrogen-bond acceptors (Lipinski definition) is 3. The van der Waals surface area contributed by atoms with E-state index in [1.165, 1.54) is 6.42 Å². The summed E-state index contributed by atoms with van der Waals surface area (Å²) in [7, 11) is 2.17. The van der Waals surface area contributed by atoms with Crippen LogP contribution < -0.4 is 5.73 Å². The van der Waals surface area contributed by atoms with Gasteiger partial charge in [0.15, 0.2) is 0 Å². The van der Waals surface area contributed by atoms with Crippen LogP contribution in [0.5, 0.6) is 0 Å². The topological polar surface area (TPSA) is 42.1 Å². The van der Waals surface area contributed by atoms with Crippen molar-refractivity contribution in [2.24, 2.45) is 11.7 Å². The van der Waals surface area contributed by atoms with E-state index in [9.17, 15) is 0 Å². The molecule has 0 saturated heterocycles. The molecule has 0 aromatic carbocycles. The van der Waals surface area contributed by atoms with E-state index in [-0.39, 0.29) is 12.1 Å². The van der Waals surface area contributed by atoms with E-state index < -0.39 is 0 Å². The van der Waals surface area contributed by atoms with Crippen molar-refractivity contribution in [1.29, 1.82) is 0 Å². The largest absolute Gasteiger partial charge is 0.326 e. The van der Waals surface area contributed by atoms with Crippen LogP contribution in [0.1, 0.15) is 52.3 Å². The van der Waals surface area contributed by atoms with Crippen molar-refractivity contribution in [3.8, 4) is 0 Å². The zero-order valence-corrected chi connectivity index (χ0v) is 13.0. The zero-order valence-electron chi connectivity index (χ0n) is 13.0. The number of hydrogen-bond donors (Lipinski definition) is 1. The molecule has 108 valence electrons. The van der Waals surface area contributed by atoms with Crippen molar-refractivity contribution in [1.82, 2.24) is 9.88 Å². The summed E-state index contributed by atoms with van der Waals surface area (Å²) in [6.45, 7) is 8.94. The summed E-state index contributed by atoms with van der Waals surface area (Å²) in [6, 6.07) is 6.89. The molecule has 0 aliphatic heterocycles. The van der Waals surface area contributed by atoms with Crippen molar-refractivity contribution in [3.63, 3.8) is 0 Å². The van der Waals surface area contributed by atoms with E-state index in [0.29, 0.717) is 12.0 Å². The Hall–Kier alpha value is -0.930. The maximum absolute atomic E-state index is 6.34. The Bertz CT molecular complexity index is 350. The summed E-state index contributed by atoms with van der Waals surface area (Å²) in [5, 5.41) is 0. The lowest BCUT2D eigenvalue weighted by Crippen LogP contribution is -2.43. The molecule has 0 radical (unpaired) electrons. The molecule has 0 fully saturated rings. The van der Waals surface area contributed by atoms with E-state index in [2.05, 4.69) is 50.7 Å². The minimum atomic E-state index is 0.120. The van der Waals surface area contributed by atoms with Crippen molar-refractivity contribution >= 4 is 0 Å². The quantitative estimate of drug-likeness (QED) is 0.821. The Labute approximate surface area is 118 Å². The molecule has 1 aromatic rings. The third-order valence-electron chi connectivity index (χ3n) is 3.81. The standard InChI is InChI=1S/C16H29N3/c1-6-14(17)16(15-9-7-8-10-18-15)19(5)13(4)11-12(2)3/h7-10,12-14,16H,6,11,17H2,1-5H3. The summed E-state index contributed by atoms with van der Waals surface area (Å²) in [6.07, 6.45) is 3.99. The van der Waals surface area contributed by atoms with Crippen LogP contribution in [-0.2, 0) is 0 Å². The highest BCUT2D eigenvalue weighted by molar-refractivity contribution is 5.11. The van der Waals surface area contributed by atoms with Gasteiger partial charge >= 0.3 is 0 Å². The summed E-state index contributed by atoms with van der Waals surface area (Å²) < 4.78 is 0. The lowest BCUT2D eigenvalue weighted by atomic mass is 9.97. The molecule has 0 bridgehead atoms. The Morgan fingerprint density at radius 2 is 1.95 bits per heavy atom. The van der Waals surface area contributed by atoms with E-state index in [1.54, 1.807) is 0 Å². The predicted molar refractivity (Wildman–Crippen MR) is 81.9 cm³/mol. The van der Waals surface area contributed by atoms with Gasteiger partial charge in [0.05, 0.1) is 11.7 Å². The van der Waals surface area contributed by atoms with Crippen molar-refractivity contribution in [2.45, 2.75) is 58.7 Å². The minimum absolute atomic E-state index is 0.120. The molecule has 0 aliphatic rings. The summed E-state index contributed by atoms with van der Waals surface area (Å²) in [5.74, 6) is 0.694. The molecule has 1 heterocycles. The molecule has 0 amide bonds. The first-order valence-corrected chi connectivity index (χ1v) is 7.35. The molecular weight excluding hydrogens is 234 g/mol. The molecule has 3 nitrogen and oxygen atoms in total. The third-order valence-corrected chi connectivity index (χ3v) is 3.81. The van der Waals surface area contributed by atoms with Crippen LogP contribution in [0.2, 0.25) is 0 Å². The van der Waals surface area contributed by atoms with Crippen LogP contribution >= 0.6 is 0 Å². The lowest BCUT2D eigenvalue weighted by Gasteiger charge is -2.36. The van der Waals surface area contributed by atoms with Gasteiger partial charge in [-0.3, -0.25) is 9.88 Å². The smallest absolute Gasteiger partial charge is 0.0673 e. The van der Waals surface area contributed by atoms with Gasteiger partial charge in [-0.15, -0.1) is 0 Å². The van der Waals surface area contributed by atoms with E-state index in [4.69, 9.17) is 5.73 Å². The maximum Gasteiger partial charge on any atom is 0.0673 e. The van der Waals surface area contributed by atoms with Gasteiger partial charge in [0.1, 0.15) is 0 Å². The monoisotopic (exact) mass is 263 g/mol. The fraction of sp³-hybridized carbons (Fsp3) is 0.688. The molecule has 1 aromatic heterocycles. The van der Waals surface area contributed by atoms with E-state index in [0.717, 1.165) is 12.1 Å². The first-order valence-electron chi connectivity index (χ1n) is 7.35. The molecular formula is C16H29N3. The average molecular weight is 263 g/mol. The highest BCUT2D eigenvalue weighted by atomic mass is 15.2. The molecule has 2 N–H and O–H groups in total. The van der Waals surface area contributed by atoms with Gasteiger partial charge in [-0.1, -0.05) is 26.8 Å². The van der Waals surface area contributed by atoms with Gasteiger partial charge < -0.3 is 5.73 Å². The van der Waals surface area contributed by atoms with Crippen LogP contribution in [0.15, 0.2) is 24.4 Å². The van der Waals surface area contributed by atoms with Gasteiger partial charge in [-0.2, -0.15) is 0 Å². The molecule has 0 aliphatic carbocycles. The number of nitrogens with zero attached hydrogens (tertiary/aromatic N) is 2. The number of nitrogens with two attached hydrogens (primary N) is 1. The Balaban J connectivity index is 2.91. The molecule has 3 heteroatoms. The van der Waals surface area contributed by atoms with Crippen LogP contribution in [-0.4, -0.2) is 29.0 Å². The molecule has 0 spiro atoms. The van der Waals surface area contributed by atoms with E-state index >= 15 is 0 Å². The van der Waals surface area contributed by atoms with Crippen LogP contribution in [0.25, 0.3) is 0 Å². The molecule has 3 unspecified atom stereocenters. The molecule has 19 heavy (non-hydrogen) atoms. The fourth-order valence-electron chi connectivity index (χ4n) is 2.63. The van der Waals surface area contributed by atoms with Crippen LogP contribution in [0.3, 0.4) is 0 Å². The van der Waals surface area contributed by atoms with Gasteiger partial charge in [0.25, 0.3) is 0 Å². The summed E-state index contributed by atoms with van der Waals surface area (Å²) in [5.41, 5.74) is 7.42. The van der Waals surface area contributed by atoms with Crippen LogP contribution in [0.4, 0.5) is 0 Å². The number of rotatable bonds is 7. The number of aromatic nitrogens is 1. The van der Waals surface area contributed by atoms with Crippen molar-refractivity contribution in [3.05, 3.63) is 30.1 Å². The highest BCUT2D eigenvalue weighted by Crippen LogP contribution is 2.26. The van der Waals surface area contributed by atoms with Gasteiger partial charge in [0, 0.05) is 18.3 Å².